The van der Waals surface area contributed by atoms with Crippen molar-refractivity contribution in [3.8, 4) is 11.1 Å². The van der Waals surface area contributed by atoms with Gasteiger partial charge in [0, 0.05) is 5.92 Å². The third kappa shape index (κ3) is 3.42. The Morgan fingerprint density at radius 2 is 1.64 bits per heavy atom. The average Bonchev–Trinajstić information content (AvgIpc) is 3.00. The van der Waals surface area contributed by atoms with E-state index < -0.39 is 12.1 Å². The number of hydrogen-bond acceptors (Lipinski definition) is 4. The van der Waals surface area contributed by atoms with Crippen LogP contribution in [0, 0.1) is 0 Å². The molecule has 3 aromatic rings. The molecule has 1 heterocycles. The number of benzene rings is 2. The number of aromatic nitrogens is 1. The number of carbonyl (C=O) groups excluding carboxylic acids is 1. The van der Waals surface area contributed by atoms with Crippen LogP contribution in [0.15, 0.2) is 60.7 Å². The van der Waals surface area contributed by atoms with Gasteiger partial charge in [-0.05, 0) is 34.4 Å². The van der Waals surface area contributed by atoms with E-state index in [0.717, 1.165) is 22.3 Å². The number of ether oxygens (including phenoxy) is 1. The molecule has 1 aromatic heterocycles. The van der Waals surface area contributed by atoms with Gasteiger partial charge in [0.25, 0.3) is 0 Å². The second-order valence-electron chi connectivity index (χ2n) is 6.32. The Morgan fingerprint density at radius 1 is 1.04 bits per heavy atom. The molecular weight excluding hydrogens is 380 g/mol. The number of halogens is 1. The molecule has 140 valence electrons. The van der Waals surface area contributed by atoms with Gasteiger partial charge in [-0.2, -0.15) is 0 Å². The maximum Gasteiger partial charge on any atom is 0.412 e. The van der Waals surface area contributed by atoms with Crippen molar-refractivity contribution in [3.05, 3.63) is 82.5 Å². The number of aromatic carboxylic acids is 1. The summed E-state index contributed by atoms with van der Waals surface area (Å²) < 4.78 is 5.40. The lowest BCUT2D eigenvalue weighted by atomic mass is 9.98. The molecule has 2 aromatic carbocycles. The third-order valence-electron chi connectivity index (χ3n) is 4.61. The van der Waals surface area contributed by atoms with Gasteiger partial charge in [-0.15, -0.1) is 0 Å². The number of carbonyl (C=O) groups is 2. The predicted molar refractivity (Wildman–Crippen MR) is 105 cm³/mol. The maximum atomic E-state index is 12.2. The Labute approximate surface area is 165 Å². The molecule has 0 unspecified atom stereocenters. The summed E-state index contributed by atoms with van der Waals surface area (Å²) in [7, 11) is 0. The molecule has 0 saturated heterocycles. The highest BCUT2D eigenvalue weighted by Crippen LogP contribution is 2.44. The van der Waals surface area contributed by atoms with E-state index in [1.54, 1.807) is 0 Å². The van der Waals surface area contributed by atoms with Crippen LogP contribution in [-0.2, 0) is 4.74 Å². The van der Waals surface area contributed by atoms with Crippen LogP contribution in [0.4, 0.5) is 10.6 Å². The number of fused-ring (bicyclic) bond motifs is 3. The fourth-order valence-electron chi connectivity index (χ4n) is 3.42. The van der Waals surface area contributed by atoms with E-state index in [1.807, 2.05) is 36.4 Å². The summed E-state index contributed by atoms with van der Waals surface area (Å²) >= 11 is 5.80. The molecule has 1 aliphatic rings. The van der Waals surface area contributed by atoms with Gasteiger partial charge in [0.2, 0.25) is 0 Å². The maximum absolute atomic E-state index is 12.2. The van der Waals surface area contributed by atoms with Crippen molar-refractivity contribution in [1.82, 2.24) is 4.98 Å². The fourth-order valence-corrected chi connectivity index (χ4v) is 3.63. The zero-order valence-corrected chi connectivity index (χ0v) is 15.3. The molecule has 0 fully saturated rings. The second kappa shape index (κ2) is 7.32. The topological polar surface area (TPSA) is 88.5 Å². The monoisotopic (exact) mass is 394 g/mol. The van der Waals surface area contributed by atoms with Gasteiger partial charge in [-0.1, -0.05) is 60.1 Å². The molecule has 28 heavy (non-hydrogen) atoms. The Balaban J connectivity index is 1.49. The first-order valence-corrected chi connectivity index (χ1v) is 8.93. The van der Waals surface area contributed by atoms with Crippen LogP contribution in [0.5, 0.6) is 0 Å². The highest BCUT2D eigenvalue weighted by atomic mass is 35.5. The normalized spacial score (nSPS) is 12.2. The summed E-state index contributed by atoms with van der Waals surface area (Å²) in [6, 6.07) is 18.5. The van der Waals surface area contributed by atoms with Crippen LogP contribution in [-0.4, -0.2) is 28.8 Å². The number of amides is 1. The first-order valence-electron chi connectivity index (χ1n) is 8.56. The van der Waals surface area contributed by atoms with Crippen molar-refractivity contribution in [2.24, 2.45) is 0 Å². The van der Waals surface area contributed by atoms with Crippen molar-refractivity contribution in [2.75, 3.05) is 11.9 Å². The fraction of sp³-hybridized carbons (Fsp3) is 0.0952. The smallest absolute Gasteiger partial charge is 0.412 e. The lowest BCUT2D eigenvalue weighted by Crippen LogP contribution is -2.18. The van der Waals surface area contributed by atoms with Crippen LogP contribution in [0.3, 0.4) is 0 Å². The highest BCUT2D eigenvalue weighted by molar-refractivity contribution is 6.29. The van der Waals surface area contributed by atoms with Gasteiger partial charge in [0.05, 0.1) is 5.56 Å². The van der Waals surface area contributed by atoms with Crippen LogP contribution >= 0.6 is 11.6 Å². The van der Waals surface area contributed by atoms with E-state index in [4.69, 9.17) is 21.4 Å². The Bertz CT molecular complexity index is 1040. The number of carboxylic acid groups (broad SMARTS) is 1. The molecule has 0 saturated carbocycles. The van der Waals surface area contributed by atoms with E-state index in [2.05, 4.69) is 22.4 Å². The number of nitrogens with one attached hydrogen (secondary N) is 1. The zero-order valence-electron chi connectivity index (χ0n) is 14.6. The number of rotatable bonds is 4. The summed E-state index contributed by atoms with van der Waals surface area (Å²) in [6.07, 6.45) is -0.729. The van der Waals surface area contributed by atoms with Gasteiger partial charge in [-0.25, -0.2) is 14.6 Å². The van der Waals surface area contributed by atoms with Gasteiger partial charge in [0.15, 0.2) is 0 Å². The number of nitrogens with zero attached hydrogens (tertiary/aromatic N) is 1. The minimum Gasteiger partial charge on any atom is -0.478 e. The summed E-state index contributed by atoms with van der Waals surface area (Å²) in [5.41, 5.74) is 4.40. The van der Waals surface area contributed by atoms with Crippen LogP contribution in [0.25, 0.3) is 11.1 Å². The van der Waals surface area contributed by atoms with Crippen LogP contribution in [0.2, 0.25) is 5.15 Å². The molecule has 0 atom stereocenters. The van der Waals surface area contributed by atoms with Gasteiger partial charge < -0.3 is 9.84 Å². The number of anilines is 1. The molecular formula is C21H15ClN2O4. The lowest BCUT2D eigenvalue weighted by molar-refractivity contribution is 0.0696. The number of pyridine rings is 1. The average molecular weight is 395 g/mol. The predicted octanol–water partition coefficient (Wildman–Crippen LogP) is 4.79. The molecule has 0 radical (unpaired) electrons. The van der Waals surface area contributed by atoms with Crippen molar-refractivity contribution in [1.29, 1.82) is 0 Å². The van der Waals surface area contributed by atoms with Crippen molar-refractivity contribution < 1.29 is 19.4 Å². The molecule has 1 amide bonds. The molecule has 6 nitrogen and oxygen atoms in total. The largest absolute Gasteiger partial charge is 0.478 e. The van der Waals surface area contributed by atoms with Crippen LogP contribution < -0.4 is 5.32 Å². The lowest BCUT2D eigenvalue weighted by Gasteiger charge is -2.14. The van der Waals surface area contributed by atoms with Crippen molar-refractivity contribution >= 4 is 29.5 Å². The molecule has 7 heteroatoms. The summed E-state index contributed by atoms with van der Waals surface area (Å²) in [5.74, 6) is -1.22. The Kier molecular flexibility index (Phi) is 4.71. The first kappa shape index (κ1) is 18.0. The quantitative estimate of drug-likeness (QED) is 0.621. The molecule has 0 aliphatic heterocycles. The van der Waals surface area contributed by atoms with E-state index in [0.29, 0.717) is 0 Å². The molecule has 0 spiro atoms. The molecule has 2 N–H and O–H groups in total. The molecule has 1 aliphatic carbocycles. The molecule has 0 bridgehead atoms. The standard InChI is InChI=1S/C21H15ClN2O4/c22-18-9-12(20(25)26)10-19(23-18)24-21(27)28-11-17-15-7-3-1-5-13(15)14-6-2-4-8-16(14)17/h1-10,17H,11H2,(H,25,26)(H,23,24,27). The molecule has 4 rings (SSSR count). The van der Waals surface area contributed by atoms with E-state index >= 15 is 0 Å². The minimum absolute atomic E-state index is 0.0159. The Hall–Kier alpha value is -3.38. The number of hydrogen-bond donors (Lipinski definition) is 2. The van der Waals surface area contributed by atoms with E-state index in [-0.39, 0.29) is 29.1 Å². The first-order chi connectivity index (χ1) is 13.5. The van der Waals surface area contributed by atoms with Crippen molar-refractivity contribution in [3.63, 3.8) is 0 Å². The van der Waals surface area contributed by atoms with E-state index in [1.165, 1.54) is 12.1 Å². The van der Waals surface area contributed by atoms with Gasteiger partial charge in [0.1, 0.15) is 17.6 Å². The zero-order chi connectivity index (χ0) is 19.7. The van der Waals surface area contributed by atoms with Crippen molar-refractivity contribution in [2.45, 2.75) is 5.92 Å². The van der Waals surface area contributed by atoms with Crippen LogP contribution in [0.1, 0.15) is 27.4 Å². The van der Waals surface area contributed by atoms with Gasteiger partial charge >= 0.3 is 12.1 Å². The summed E-state index contributed by atoms with van der Waals surface area (Å²) in [4.78, 5) is 27.2. The Morgan fingerprint density at radius 3 is 2.25 bits per heavy atom. The highest BCUT2D eigenvalue weighted by Gasteiger charge is 2.29. The minimum atomic E-state index is -1.17. The summed E-state index contributed by atoms with van der Waals surface area (Å²) in [5, 5.41) is 11.5. The SMILES string of the molecule is O=C(Nc1cc(C(=O)O)cc(Cl)n1)OCC1c2ccccc2-c2ccccc21. The summed E-state index contributed by atoms with van der Waals surface area (Å²) in [6.45, 7) is 0.145. The number of carboxylic acids is 1. The van der Waals surface area contributed by atoms with Gasteiger partial charge in [-0.3, -0.25) is 5.32 Å². The third-order valence-corrected chi connectivity index (χ3v) is 4.81. The van der Waals surface area contributed by atoms with E-state index in [9.17, 15) is 9.59 Å². The second-order valence-corrected chi connectivity index (χ2v) is 6.71.